The number of amides is 2. The lowest BCUT2D eigenvalue weighted by molar-refractivity contribution is -0.126. The van der Waals surface area contributed by atoms with E-state index in [-0.39, 0.29) is 42.7 Å². The van der Waals surface area contributed by atoms with E-state index in [0.29, 0.717) is 5.56 Å². The second-order valence-electron chi connectivity index (χ2n) is 8.79. The maximum absolute atomic E-state index is 13.4. The molecule has 2 aromatic rings. The van der Waals surface area contributed by atoms with Gasteiger partial charge in [-0.2, -0.15) is 9.61 Å². The summed E-state index contributed by atoms with van der Waals surface area (Å²) in [6, 6.07) is -0.00404. The number of nitrogens with zero attached hydrogens (tertiary/aromatic N) is 4. The molecule has 0 atom stereocenters. The number of fused-ring (bicyclic) bond motifs is 1. The van der Waals surface area contributed by atoms with Crippen molar-refractivity contribution in [1.29, 1.82) is 0 Å². The van der Waals surface area contributed by atoms with Gasteiger partial charge in [0.1, 0.15) is 5.65 Å². The van der Waals surface area contributed by atoms with Crippen LogP contribution in [-0.4, -0.2) is 61.1 Å². The van der Waals surface area contributed by atoms with Gasteiger partial charge >= 0.3 is 0 Å². The number of aromatic nitrogens is 3. The van der Waals surface area contributed by atoms with Gasteiger partial charge in [-0.05, 0) is 24.8 Å². The van der Waals surface area contributed by atoms with Gasteiger partial charge in [0.15, 0.2) is 5.56 Å². The van der Waals surface area contributed by atoms with Gasteiger partial charge in [-0.15, -0.1) is 0 Å². The van der Waals surface area contributed by atoms with Crippen molar-refractivity contribution in [2.24, 2.45) is 5.92 Å². The Morgan fingerprint density at radius 1 is 1.38 bits per heavy atom. The van der Waals surface area contributed by atoms with Crippen molar-refractivity contribution in [3.05, 3.63) is 33.8 Å². The number of alkyl halides is 2. The average molecular weight is 449 g/mol. The molecule has 2 aromatic heterocycles. The van der Waals surface area contributed by atoms with Crippen LogP contribution in [0.2, 0.25) is 0 Å². The van der Waals surface area contributed by atoms with Crippen molar-refractivity contribution in [3.63, 3.8) is 0 Å². The largest absolute Gasteiger partial charge is 0.492 e. The molecule has 4 rings (SSSR count). The number of carbonyl (C=O) groups excluding carboxylic acids is 2. The highest BCUT2D eigenvalue weighted by molar-refractivity contribution is 5.97. The Hall–Kier alpha value is -3.24. The highest BCUT2D eigenvalue weighted by Gasteiger charge is 2.39. The minimum Gasteiger partial charge on any atom is -0.492 e. The summed E-state index contributed by atoms with van der Waals surface area (Å²) < 4.78 is 29.2. The second-order valence-corrected chi connectivity index (χ2v) is 8.79. The van der Waals surface area contributed by atoms with Crippen LogP contribution >= 0.6 is 0 Å². The summed E-state index contributed by atoms with van der Waals surface area (Å²) in [5.74, 6) is -4.69. The number of hydrogen-bond acceptors (Lipinski definition) is 5. The van der Waals surface area contributed by atoms with Crippen LogP contribution in [-0.2, 0) is 11.3 Å². The van der Waals surface area contributed by atoms with E-state index in [2.05, 4.69) is 10.4 Å². The Morgan fingerprint density at radius 2 is 2.09 bits per heavy atom. The van der Waals surface area contributed by atoms with Crippen LogP contribution in [0.1, 0.15) is 49.0 Å². The molecule has 0 aromatic carbocycles. The molecule has 1 aliphatic heterocycles. The first-order valence-corrected chi connectivity index (χ1v) is 10.6. The van der Waals surface area contributed by atoms with Crippen LogP contribution < -0.4 is 10.9 Å². The lowest BCUT2D eigenvalue weighted by atomic mass is 10.2. The van der Waals surface area contributed by atoms with Gasteiger partial charge < -0.3 is 15.3 Å². The average Bonchev–Trinajstić information content (AvgIpc) is 3.29. The van der Waals surface area contributed by atoms with Gasteiger partial charge in [-0.25, -0.2) is 8.78 Å². The lowest BCUT2D eigenvalue weighted by Crippen LogP contribution is -2.36. The molecule has 9 nitrogen and oxygen atoms in total. The smallest absolute Gasteiger partial charge is 0.270 e. The maximum atomic E-state index is 13.4. The molecule has 1 aliphatic carbocycles. The van der Waals surface area contributed by atoms with Crippen LogP contribution in [0.25, 0.3) is 11.7 Å². The van der Waals surface area contributed by atoms with Crippen LogP contribution in [0, 0.1) is 5.92 Å². The van der Waals surface area contributed by atoms with Gasteiger partial charge in [0, 0.05) is 37.2 Å². The van der Waals surface area contributed by atoms with Crippen molar-refractivity contribution in [2.45, 2.75) is 51.6 Å². The van der Waals surface area contributed by atoms with E-state index >= 15 is 0 Å². The molecule has 3 heterocycles. The van der Waals surface area contributed by atoms with Gasteiger partial charge in [0.05, 0.1) is 12.7 Å². The number of carbonyl (C=O) groups is 2. The molecule has 0 spiro atoms. The molecule has 2 amide bonds. The summed E-state index contributed by atoms with van der Waals surface area (Å²) >= 11 is 0. The third kappa shape index (κ3) is 4.23. The zero-order chi connectivity index (χ0) is 23.2. The first kappa shape index (κ1) is 22.0. The number of hydrogen-bond donors (Lipinski definition) is 2. The van der Waals surface area contributed by atoms with Crippen molar-refractivity contribution in [2.75, 3.05) is 13.1 Å². The first-order valence-electron chi connectivity index (χ1n) is 10.6. The molecule has 2 fully saturated rings. The van der Waals surface area contributed by atoms with Crippen molar-refractivity contribution in [3.8, 4) is 5.88 Å². The Morgan fingerprint density at radius 3 is 2.69 bits per heavy atom. The summed E-state index contributed by atoms with van der Waals surface area (Å²) in [6.45, 7) is 3.35. The summed E-state index contributed by atoms with van der Waals surface area (Å²) in [5, 5.41) is 17.5. The van der Waals surface area contributed by atoms with Crippen LogP contribution in [0.4, 0.5) is 8.78 Å². The minimum atomic E-state index is -2.89. The summed E-state index contributed by atoms with van der Waals surface area (Å²) in [6.07, 6.45) is 5.13. The molecule has 32 heavy (non-hydrogen) atoms. The molecule has 1 saturated heterocycles. The molecule has 0 bridgehead atoms. The molecule has 11 heteroatoms. The summed E-state index contributed by atoms with van der Waals surface area (Å²) in [7, 11) is 0. The topological polar surface area (TPSA) is 109 Å². The fourth-order valence-electron chi connectivity index (χ4n) is 3.74. The molecule has 172 valence electrons. The van der Waals surface area contributed by atoms with Crippen LogP contribution in [0.5, 0.6) is 5.88 Å². The van der Waals surface area contributed by atoms with E-state index in [4.69, 9.17) is 0 Å². The minimum absolute atomic E-state index is 0.00404. The van der Waals surface area contributed by atoms with Crippen molar-refractivity contribution in [1.82, 2.24) is 24.4 Å². The third-order valence-corrected chi connectivity index (χ3v) is 5.48. The van der Waals surface area contributed by atoms with E-state index in [1.165, 1.54) is 16.8 Å². The van der Waals surface area contributed by atoms with Gasteiger partial charge in [-0.3, -0.25) is 19.0 Å². The predicted molar refractivity (Wildman–Crippen MR) is 112 cm³/mol. The highest BCUT2D eigenvalue weighted by Crippen LogP contribution is 2.27. The fourth-order valence-corrected chi connectivity index (χ4v) is 3.74. The number of nitrogens with one attached hydrogen (secondary N) is 1. The van der Waals surface area contributed by atoms with E-state index in [9.17, 15) is 28.3 Å². The van der Waals surface area contributed by atoms with Gasteiger partial charge in [0.2, 0.25) is 11.8 Å². The number of likely N-dealkylation sites (tertiary alicyclic amines) is 1. The molecule has 0 unspecified atom stereocenters. The van der Waals surface area contributed by atoms with Crippen LogP contribution in [0.15, 0.2) is 17.1 Å². The first-order chi connectivity index (χ1) is 15.1. The Kier molecular flexibility index (Phi) is 5.51. The van der Waals surface area contributed by atoms with E-state index < -0.39 is 35.7 Å². The quantitative estimate of drug-likeness (QED) is 0.652. The molecular formula is C21H25F2N5O4. The van der Waals surface area contributed by atoms with Gasteiger partial charge in [0.25, 0.3) is 17.4 Å². The molecule has 1 saturated carbocycles. The zero-order valence-corrected chi connectivity index (χ0v) is 17.8. The lowest BCUT2D eigenvalue weighted by Gasteiger charge is -2.15. The fraction of sp³-hybridized carbons (Fsp3) is 0.524. The Labute approximate surface area is 182 Å². The molecular weight excluding hydrogens is 424 g/mol. The second kappa shape index (κ2) is 8.03. The number of aromatic hydroxyl groups is 1. The monoisotopic (exact) mass is 449 g/mol. The van der Waals surface area contributed by atoms with E-state index in [1.807, 2.05) is 13.8 Å². The maximum Gasteiger partial charge on any atom is 0.270 e. The van der Waals surface area contributed by atoms with E-state index in [1.54, 1.807) is 0 Å². The van der Waals surface area contributed by atoms with Gasteiger partial charge in [-0.1, -0.05) is 13.8 Å². The zero-order valence-electron chi connectivity index (χ0n) is 17.8. The standard InChI is InChI=1S/C21H25F2N5O4/c1-12(2)10-27-18-13(3-6-15(29)26-8-7-21(22,23)11-26)9-24-28(18)20(32)16(19(27)31)17(30)25-14-4-5-14/h3,6,9,12,14,32H,4-5,7-8,10-11H2,1-2H3,(H,25,30)/b6-3+. The SMILES string of the molecule is CC(C)Cn1c(=O)c(C(=O)NC2CC2)c(O)n2ncc(/C=C/C(=O)N3CCC(F)(F)C3)c12. The molecule has 0 radical (unpaired) electrons. The third-order valence-electron chi connectivity index (χ3n) is 5.48. The Balaban J connectivity index is 1.74. The molecule has 2 aliphatic rings. The predicted octanol–water partition coefficient (Wildman–Crippen LogP) is 1.63. The number of halogens is 2. The van der Waals surface area contributed by atoms with Crippen LogP contribution in [0.3, 0.4) is 0 Å². The van der Waals surface area contributed by atoms with E-state index in [0.717, 1.165) is 28.3 Å². The van der Waals surface area contributed by atoms with Crippen molar-refractivity contribution >= 4 is 23.5 Å². The molecule has 2 N–H and O–H groups in total. The number of rotatable bonds is 6. The summed E-state index contributed by atoms with van der Waals surface area (Å²) in [5.41, 5.74) is -0.506. The highest BCUT2D eigenvalue weighted by atomic mass is 19.3. The summed E-state index contributed by atoms with van der Waals surface area (Å²) in [4.78, 5) is 39.1. The van der Waals surface area contributed by atoms with Crippen molar-refractivity contribution < 1.29 is 23.5 Å². The Bertz CT molecular complexity index is 1160. The normalized spacial score (nSPS) is 18.2.